The van der Waals surface area contributed by atoms with E-state index in [-0.39, 0.29) is 0 Å². The van der Waals surface area contributed by atoms with Crippen molar-refractivity contribution in [2.24, 2.45) is 0 Å². The first kappa shape index (κ1) is 20.9. The molecule has 0 amide bonds. The Labute approximate surface area is 198 Å². The van der Waals surface area contributed by atoms with E-state index in [1.165, 1.54) is 6.20 Å². The van der Waals surface area contributed by atoms with E-state index in [4.69, 9.17) is 4.98 Å². The molecule has 6 heterocycles. The van der Waals surface area contributed by atoms with Crippen molar-refractivity contribution in [2.45, 2.75) is 0 Å². The summed E-state index contributed by atoms with van der Waals surface area (Å²) in [5.74, 6) is 0.593. The summed E-state index contributed by atoms with van der Waals surface area (Å²) in [5.41, 5.74) is 6.42. The third-order valence-corrected chi connectivity index (χ3v) is 6.01. The maximum Gasteiger partial charge on any atom is 0.229 e. The van der Waals surface area contributed by atoms with Gasteiger partial charge in [0.15, 0.2) is 11.5 Å². The summed E-state index contributed by atoms with van der Waals surface area (Å²) >= 11 is 0. The van der Waals surface area contributed by atoms with E-state index in [0.717, 1.165) is 39.4 Å². The first-order valence-electron chi connectivity index (χ1n) is 10.5. The minimum Gasteiger partial charge on any atom is -0.335 e. The molecule has 0 spiro atoms. The zero-order valence-electron chi connectivity index (χ0n) is 18.3. The van der Waals surface area contributed by atoms with Crippen LogP contribution in [0.4, 0.5) is 5.69 Å². The van der Waals surface area contributed by atoms with E-state index < -0.39 is 10.0 Å². The summed E-state index contributed by atoms with van der Waals surface area (Å²) in [6, 6.07) is 7.43. The van der Waals surface area contributed by atoms with Gasteiger partial charge in [-0.2, -0.15) is 5.10 Å². The smallest absolute Gasteiger partial charge is 0.229 e. The van der Waals surface area contributed by atoms with E-state index in [2.05, 4.69) is 39.8 Å². The highest BCUT2D eigenvalue weighted by Gasteiger charge is 2.16. The van der Waals surface area contributed by atoms with Gasteiger partial charge in [-0.25, -0.2) is 18.4 Å². The largest absolute Gasteiger partial charge is 0.335 e. The molecule has 0 unspecified atom stereocenters. The number of aromatic amines is 2. The number of imidazole rings is 1. The van der Waals surface area contributed by atoms with Gasteiger partial charge in [0.25, 0.3) is 0 Å². The second kappa shape index (κ2) is 7.95. The molecule has 12 heteroatoms. The molecule has 6 aromatic heterocycles. The van der Waals surface area contributed by atoms with Gasteiger partial charge in [-0.15, -0.1) is 0 Å². The molecule has 0 saturated heterocycles. The molecule has 6 rings (SSSR count). The van der Waals surface area contributed by atoms with E-state index >= 15 is 0 Å². The number of aromatic nitrogens is 8. The normalized spacial score (nSPS) is 11.8. The summed E-state index contributed by atoms with van der Waals surface area (Å²) in [4.78, 5) is 25.2. The Morgan fingerprint density at radius 2 is 1.69 bits per heavy atom. The van der Waals surface area contributed by atoms with E-state index in [1.54, 1.807) is 43.2 Å². The zero-order valence-corrected chi connectivity index (χ0v) is 19.1. The Bertz CT molecular complexity index is 1810. The Morgan fingerprint density at radius 3 is 2.51 bits per heavy atom. The number of sulfonamides is 1. The van der Waals surface area contributed by atoms with Crippen LogP contribution in [0.3, 0.4) is 0 Å². The van der Waals surface area contributed by atoms with Gasteiger partial charge in [-0.05, 0) is 29.8 Å². The predicted octanol–water partition coefficient (Wildman–Crippen LogP) is 3.39. The number of fused-ring (bicyclic) bond motifs is 2. The molecule has 35 heavy (non-hydrogen) atoms. The molecule has 172 valence electrons. The molecule has 6 aromatic rings. The molecule has 0 aliphatic rings. The van der Waals surface area contributed by atoms with Crippen LogP contribution in [-0.2, 0) is 10.0 Å². The number of pyridine rings is 4. The van der Waals surface area contributed by atoms with Crippen LogP contribution in [0.25, 0.3) is 55.8 Å². The third-order valence-electron chi connectivity index (χ3n) is 5.41. The molecule has 0 aliphatic carbocycles. The summed E-state index contributed by atoms with van der Waals surface area (Å²) < 4.78 is 25.6. The molecular formula is C23H17N9O2S. The molecule has 0 radical (unpaired) electrons. The number of nitrogens with zero attached hydrogens (tertiary/aromatic N) is 6. The lowest BCUT2D eigenvalue weighted by Crippen LogP contribution is -2.09. The fourth-order valence-electron chi connectivity index (χ4n) is 3.90. The van der Waals surface area contributed by atoms with Gasteiger partial charge in [0, 0.05) is 47.7 Å². The van der Waals surface area contributed by atoms with Crippen LogP contribution in [0.5, 0.6) is 0 Å². The topological polar surface area (TPSA) is 155 Å². The molecule has 0 saturated carbocycles. The lowest BCUT2D eigenvalue weighted by Gasteiger charge is -2.06. The maximum absolute atomic E-state index is 11.6. The van der Waals surface area contributed by atoms with Crippen LogP contribution in [0.15, 0.2) is 67.6 Å². The number of nitrogens with one attached hydrogen (secondary N) is 3. The molecule has 0 aromatic carbocycles. The standard InChI is InChI=1S/C23H17N9O2S/c1-35(33,34)32-16-6-14(8-25-10-16)15-7-17-21(30-31-22(17)27-9-15)23-28-19-12-26-11-18(20(19)29-23)13-2-4-24-5-3-13/h2-12,32H,1H3,(H,28,29)(H,27,30,31). The number of hydrogen-bond donors (Lipinski definition) is 3. The number of anilines is 1. The van der Waals surface area contributed by atoms with Crippen LogP contribution in [0.2, 0.25) is 0 Å². The first-order chi connectivity index (χ1) is 16.9. The fraction of sp³-hybridized carbons (Fsp3) is 0.0435. The van der Waals surface area contributed by atoms with Crippen molar-refractivity contribution in [3.8, 4) is 33.8 Å². The third kappa shape index (κ3) is 3.95. The SMILES string of the molecule is CS(=O)(=O)Nc1cncc(-c2cnc3n[nH]c(-c4nc5c(-c6ccncc6)cncc5[nH]4)c3c2)c1. The average molecular weight is 484 g/mol. The van der Waals surface area contributed by atoms with Crippen molar-refractivity contribution in [2.75, 3.05) is 11.0 Å². The van der Waals surface area contributed by atoms with Crippen molar-refractivity contribution >= 4 is 37.8 Å². The molecular weight excluding hydrogens is 466 g/mol. The second-order valence-electron chi connectivity index (χ2n) is 7.93. The van der Waals surface area contributed by atoms with Crippen LogP contribution >= 0.6 is 0 Å². The summed E-state index contributed by atoms with van der Waals surface area (Å²) in [5, 5.41) is 8.10. The zero-order chi connectivity index (χ0) is 24.0. The first-order valence-corrected chi connectivity index (χ1v) is 12.4. The minimum atomic E-state index is -3.42. The quantitative estimate of drug-likeness (QED) is 0.337. The van der Waals surface area contributed by atoms with Crippen LogP contribution in [0, 0.1) is 0 Å². The van der Waals surface area contributed by atoms with Crippen molar-refractivity contribution in [3.05, 3.63) is 67.6 Å². The van der Waals surface area contributed by atoms with E-state index in [9.17, 15) is 8.42 Å². The van der Waals surface area contributed by atoms with Crippen LogP contribution < -0.4 is 4.72 Å². The Kier molecular flexibility index (Phi) is 4.74. The highest BCUT2D eigenvalue weighted by atomic mass is 32.2. The lowest BCUT2D eigenvalue weighted by atomic mass is 10.1. The van der Waals surface area contributed by atoms with Gasteiger partial charge in [0.2, 0.25) is 10.0 Å². The molecule has 0 aliphatic heterocycles. The summed E-state index contributed by atoms with van der Waals surface area (Å²) in [7, 11) is -3.42. The van der Waals surface area contributed by atoms with Crippen molar-refractivity contribution in [1.29, 1.82) is 0 Å². The van der Waals surface area contributed by atoms with Gasteiger partial charge in [-0.1, -0.05) is 0 Å². The summed E-state index contributed by atoms with van der Waals surface area (Å²) in [6.45, 7) is 0. The van der Waals surface area contributed by atoms with Gasteiger partial charge in [0.1, 0.15) is 5.69 Å². The lowest BCUT2D eigenvalue weighted by molar-refractivity contribution is 0.607. The summed E-state index contributed by atoms with van der Waals surface area (Å²) in [6.07, 6.45) is 12.8. The van der Waals surface area contributed by atoms with E-state index in [0.29, 0.717) is 28.4 Å². The average Bonchev–Trinajstić information content (AvgIpc) is 3.47. The van der Waals surface area contributed by atoms with Crippen molar-refractivity contribution in [3.63, 3.8) is 0 Å². The van der Waals surface area contributed by atoms with Gasteiger partial charge < -0.3 is 4.98 Å². The van der Waals surface area contributed by atoms with Gasteiger partial charge >= 0.3 is 0 Å². The number of H-pyrrole nitrogens is 2. The predicted molar refractivity (Wildman–Crippen MR) is 132 cm³/mol. The monoisotopic (exact) mass is 483 g/mol. The Hall–Kier alpha value is -4.71. The van der Waals surface area contributed by atoms with Gasteiger partial charge in [0.05, 0.1) is 40.8 Å². The van der Waals surface area contributed by atoms with Crippen molar-refractivity contribution in [1.82, 2.24) is 40.1 Å². The fourth-order valence-corrected chi connectivity index (χ4v) is 4.44. The maximum atomic E-state index is 11.6. The molecule has 3 N–H and O–H groups in total. The highest BCUT2D eigenvalue weighted by Crippen LogP contribution is 2.32. The molecule has 0 bridgehead atoms. The van der Waals surface area contributed by atoms with Gasteiger partial charge in [-0.3, -0.25) is 24.8 Å². The van der Waals surface area contributed by atoms with Crippen molar-refractivity contribution < 1.29 is 8.42 Å². The van der Waals surface area contributed by atoms with E-state index in [1.807, 2.05) is 18.2 Å². The molecule has 11 nitrogen and oxygen atoms in total. The Balaban J connectivity index is 1.45. The molecule has 0 fully saturated rings. The molecule has 0 atom stereocenters. The number of rotatable bonds is 5. The minimum absolute atomic E-state index is 0.367. The van der Waals surface area contributed by atoms with Crippen LogP contribution in [0.1, 0.15) is 0 Å². The second-order valence-corrected chi connectivity index (χ2v) is 9.68. The highest BCUT2D eigenvalue weighted by molar-refractivity contribution is 7.92. The Morgan fingerprint density at radius 1 is 0.886 bits per heavy atom. The number of hydrogen-bond acceptors (Lipinski definition) is 8. The van der Waals surface area contributed by atoms with Crippen LogP contribution in [-0.4, -0.2) is 54.8 Å².